The molecule has 5 nitrogen and oxygen atoms in total. The van der Waals surface area contributed by atoms with Crippen LogP contribution >= 0.6 is 0 Å². The van der Waals surface area contributed by atoms with Crippen LogP contribution in [-0.2, 0) is 22.2 Å². The Morgan fingerprint density at radius 2 is 1.72 bits per heavy atom. The molecule has 32 heavy (non-hydrogen) atoms. The van der Waals surface area contributed by atoms with Crippen LogP contribution in [-0.4, -0.2) is 57.5 Å². The summed E-state index contributed by atoms with van der Waals surface area (Å²) in [5.41, 5.74) is 2.10. The third-order valence-corrected chi connectivity index (χ3v) is 7.32. The smallest absolute Gasteiger partial charge is 0.218 e. The number of benzene rings is 3. The zero-order valence-corrected chi connectivity index (χ0v) is 19.8. The van der Waals surface area contributed by atoms with E-state index in [0.29, 0.717) is 17.6 Å². The van der Waals surface area contributed by atoms with E-state index in [-0.39, 0.29) is 17.8 Å². The van der Waals surface area contributed by atoms with Gasteiger partial charge in [-0.15, -0.1) is 0 Å². The number of aliphatic hydroxyl groups is 1. The fourth-order valence-electron chi connectivity index (χ4n) is 3.79. The fraction of sp³-hybridized carbons (Fsp3) is 0.360. The van der Waals surface area contributed by atoms with E-state index in [0.717, 1.165) is 6.42 Å². The van der Waals surface area contributed by atoms with Gasteiger partial charge in [-0.1, -0.05) is 72.2 Å². The van der Waals surface area contributed by atoms with E-state index in [1.165, 1.54) is 27.7 Å². The lowest BCUT2D eigenvalue weighted by Gasteiger charge is -2.29. The number of hydrogen-bond acceptors (Lipinski definition) is 4. The van der Waals surface area contributed by atoms with Crippen molar-refractivity contribution < 1.29 is 13.5 Å². The molecule has 7 heteroatoms. The SMILES string of the molecule is [B]c1cccc(CS(=O)(=O)N(C)CC(O)CNC(C)(C)Cc2ccc3ccccc3c2)c1. The summed E-state index contributed by atoms with van der Waals surface area (Å²) in [5, 5.41) is 16.3. The van der Waals surface area contributed by atoms with Crippen molar-refractivity contribution in [2.45, 2.75) is 37.7 Å². The first kappa shape index (κ1) is 24.5. The van der Waals surface area contributed by atoms with Crippen LogP contribution < -0.4 is 10.8 Å². The minimum Gasteiger partial charge on any atom is -0.390 e. The van der Waals surface area contributed by atoms with Crippen LogP contribution in [0, 0.1) is 0 Å². The van der Waals surface area contributed by atoms with E-state index in [1.54, 1.807) is 24.3 Å². The van der Waals surface area contributed by atoms with Crippen LogP contribution in [0.1, 0.15) is 25.0 Å². The number of sulfonamides is 1. The molecule has 0 aromatic heterocycles. The van der Waals surface area contributed by atoms with Gasteiger partial charge in [-0.05, 0) is 42.2 Å². The van der Waals surface area contributed by atoms with Crippen LogP contribution in [0.25, 0.3) is 10.8 Å². The number of rotatable bonds is 10. The Kier molecular flexibility index (Phi) is 7.77. The molecular weight excluding hydrogens is 419 g/mol. The largest absolute Gasteiger partial charge is 0.390 e. The fourth-order valence-corrected chi connectivity index (χ4v) is 5.01. The highest BCUT2D eigenvalue weighted by Crippen LogP contribution is 2.19. The second-order valence-corrected chi connectivity index (χ2v) is 11.1. The summed E-state index contributed by atoms with van der Waals surface area (Å²) in [6, 6.07) is 21.5. The molecule has 3 rings (SSSR count). The van der Waals surface area contributed by atoms with Gasteiger partial charge in [-0.3, -0.25) is 0 Å². The molecule has 0 aliphatic carbocycles. The van der Waals surface area contributed by atoms with Gasteiger partial charge in [0, 0.05) is 25.7 Å². The van der Waals surface area contributed by atoms with Crippen molar-refractivity contribution in [2.75, 3.05) is 20.1 Å². The molecule has 0 bridgehead atoms. The van der Waals surface area contributed by atoms with Crippen LogP contribution in [0.15, 0.2) is 66.7 Å². The molecule has 0 fully saturated rings. The van der Waals surface area contributed by atoms with Gasteiger partial charge in [0.25, 0.3) is 0 Å². The molecule has 0 saturated heterocycles. The monoisotopic (exact) mass is 450 g/mol. The van der Waals surface area contributed by atoms with Gasteiger partial charge >= 0.3 is 0 Å². The topological polar surface area (TPSA) is 69.6 Å². The van der Waals surface area contributed by atoms with Gasteiger partial charge in [0.15, 0.2) is 0 Å². The number of β-amino-alcohol motifs (C(OH)–C–C–N with tert-alkyl or cyclic N) is 1. The minimum absolute atomic E-state index is 0.0176. The minimum atomic E-state index is -3.56. The lowest BCUT2D eigenvalue weighted by atomic mass is 9.93. The number of fused-ring (bicyclic) bond motifs is 1. The Labute approximate surface area is 192 Å². The molecule has 0 aliphatic heterocycles. The zero-order valence-electron chi connectivity index (χ0n) is 19.0. The lowest BCUT2D eigenvalue weighted by molar-refractivity contribution is 0.139. The summed E-state index contributed by atoms with van der Waals surface area (Å²) in [5.74, 6) is -0.151. The Morgan fingerprint density at radius 1 is 1.00 bits per heavy atom. The van der Waals surface area contributed by atoms with Crippen LogP contribution in [0.3, 0.4) is 0 Å². The molecule has 0 amide bonds. The summed E-state index contributed by atoms with van der Waals surface area (Å²) >= 11 is 0. The van der Waals surface area contributed by atoms with Crippen molar-refractivity contribution in [3.05, 3.63) is 77.9 Å². The maximum atomic E-state index is 12.6. The first-order valence-corrected chi connectivity index (χ1v) is 12.3. The molecule has 2 radical (unpaired) electrons. The van der Waals surface area contributed by atoms with Crippen LogP contribution in [0.5, 0.6) is 0 Å². The molecule has 0 heterocycles. The molecule has 0 aliphatic rings. The number of nitrogens with zero attached hydrogens (tertiary/aromatic N) is 1. The third-order valence-electron chi connectivity index (χ3n) is 5.52. The summed E-state index contributed by atoms with van der Waals surface area (Å²) in [4.78, 5) is 0. The maximum Gasteiger partial charge on any atom is 0.218 e. The van der Waals surface area contributed by atoms with Gasteiger partial charge in [-0.25, -0.2) is 12.7 Å². The predicted octanol–water partition coefficient (Wildman–Crippen LogP) is 2.37. The second-order valence-electron chi connectivity index (χ2n) is 9.06. The van der Waals surface area contributed by atoms with Crippen molar-refractivity contribution in [3.8, 4) is 0 Å². The van der Waals surface area contributed by atoms with E-state index in [4.69, 9.17) is 7.85 Å². The van der Waals surface area contributed by atoms with E-state index in [1.807, 2.05) is 12.1 Å². The van der Waals surface area contributed by atoms with Crippen LogP contribution in [0.2, 0.25) is 0 Å². The van der Waals surface area contributed by atoms with E-state index in [9.17, 15) is 13.5 Å². The zero-order chi connectivity index (χ0) is 23.4. The molecule has 1 unspecified atom stereocenters. The molecule has 3 aromatic rings. The predicted molar refractivity (Wildman–Crippen MR) is 133 cm³/mol. The van der Waals surface area contributed by atoms with E-state index < -0.39 is 16.1 Å². The molecule has 0 spiro atoms. The molecule has 0 saturated carbocycles. The van der Waals surface area contributed by atoms with Gasteiger partial charge in [-0.2, -0.15) is 0 Å². The molecular formula is C25H31BN2O3S. The highest BCUT2D eigenvalue weighted by atomic mass is 32.2. The highest BCUT2D eigenvalue weighted by molar-refractivity contribution is 7.88. The Bertz CT molecular complexity index is 1160. The number of nitrogens with one attached hydrogen (secondary N) is 1. The molecule has 2 N–H and O–H groups in total. The molecule has 1 atom stereocenters. The lowest BCUT2D eigenvalue weighted by Crippen LogP contribution is -2.47. The van der Waals surface area contributed by atoms with Crippen LogP contribution in [0.4, 0.5) is 0 Å². The third kappa shape index (κ3) is 6.91. The van der Waals surface area contributed by atoms with Crippen molar-refractivity contribution in [1.29, 1.82) is 0 Å². The number of likely N-dealkylation sites (N-methyl/N-ethyl adjacent to an activating group) is 1. The van der Waals surface area contributed by atoms with Gasteiger partial charge in [0.1, 0.15) is 7.85 Å². The summed E-state index contributed by atoms with van der Waals surface area (Å²) in [7, 11) is 3.67. The first-order chi connectivity index (χ1) is 15.0. The average Bonchev–Trinajstić information content (AvgIpc) is 2.71. The summed E-state index contributed by atoms with van der Waals surface area (Å²) in [6.45, 7) is 4.47. The maximum absolute atomic E-state index is 12.6. The quantitative estimate of drug-likeness (QED) is 0.466. The second kappa shape index (κ2) is 10.2. The van der Waals surface area contributed by atoms with Crippen molar-refractivity contribution in [2.24, 2.45) is 0 Å². The standard InChI is InChI=1S/C25H31BN2O3S/c1-25(2,15-19-11-12-21-8-4-5-9-22(21)13-19)27-16-24(29)17-28(3)32(30,31)18-20-7-6-10-23(26)14-20/h4-14,24,27,29H,15-18H2,1-3H3. The van der Waals surface area contributed by atoms with Crippen molar-refractivity contribution in [3.63, 3.8) is 0 Å². The average molecular weight is 450 g/mol. The van der Waals surface area contributed by atoms with E-state index in [2.05, 4.69) is 49.5 Å². The van der Waals surface area contributed by atoms with Crippen molar-refractivity contribution >= 4 is 34.1 Å². The Hall–Kier alpha value is -2.19. The summed E-state index contributed by atoms with van der Waals surface area (Å²) < 4.78 is 26.5. The van der Waals surface area contributed by atoms with Gasteiger partial charge < -0.3 is 10.4 Å². The van der Waals surface area contributed by atoms with Gasteiger partial charge in [0.2, 0.25) is 10.0 Å². The number of hydrogen-bond donors (Lipinski definition) is 2. The first-order valence-electron chi connectivity index (χ1n) is 10.7. The molecule has 3 aromatic carbocycles. The number of aliphatic hydroxyl groups excluding tert-OH is 1. The van der Waals surface area contributed by atoms with Gasteiger partial charge in [0.05, 0.1) is 11.9 Å². The van der Waals surface area contributed by atoms with E-state index >= 15 is 0 Å². The van der Waals surface area contributed by atoms with Crippen molar-refractivity contribution in [1.82, 2.24) is 9.62 Å². The normalized spacial score (nSPS) is 13.5. The highest BCUT2D eigenvalue weighted by Gasteiger charge is 2.24. The Morgan fingerprint density at radius 3 is 2.44 bits per heavy atom. The molecule has 168 valence electrons. The Balaban J connectivity index is 1.53. The summed E-state index contributed by atoms with van der Waals surface area (Å²) in [6.07, 6.45) is -0.0415.